The van der Waals surface area contributed by atoms with Gasteiger partial charge in [-0.15, -0.1) is 0 Å². The lowest BCUT2D eigenvalue weighted by molar-refractivity contribution is 0.113. The average Bonchev–Trinajstić information content (AvgIpc) is 2.23. The smallest absolute Gasteiger partial charge is 0.0885 e. The van der Waals surface area contributed by atoms with Crippen molar-refractivity contribution in [2.75, 3.05) is 18.1 Å². The standard InChI is InChI=1S/C11H24O3S/c1-2-3-4-5-6-7-8-15(14)10-11(13)9-12/h11-13H,2-10H2,1H3/t11-,15-/m1/s1. The molecule has 92 valence electrons. The van der Waals surface area contributed by atoms with Crippen LogP contribution in [0.25, 0.3) is 0 Å². The zero-order valence-electron chi connectivity index (χ0n) is 9.65. The Hall–Kier alpha value is 0.0700. The fourth-order valence-corrected chi connectivity index (χ4v) is 2.62. The topological polar surface area (TPSA) is 57.5 Å². The SMILES string of the molecule is CCCCCCCC[S@@](=O)C[C@H](O)CO. The van der Waals surface area contributed by atoms with Crippen molar-refractivity contribution in [1.82, 2.24) is 0 Å². The molecule has 0 amide bonds. The highest BCUT2D eigenvalue weighted by Gasteiger charge is 2.07. The Morgan fingerprint density at radius 2 is 1.73 bits per heavy atom. The lowest BCUT2D eigenvalue weighted by Gasteiger charge is -2.06. The van der Waals surface area contributed by atoms with Gasteiger partial charge in [-0.05, 0) is 6.42 Å². The van der Waals surface area contributed by atoms with E-state index in [-0.39, 0.29) is 12.4 Å². The molecular weight excluding hydrogens is 212 g/mol. The van der Waals surface area contributed by atoms with E-state index in [4.69, 9.17) is 10.2 Å². The fourth-order valence-electron chi connectivity index (χ4n) is 1.39. The molecule has 2 atom stereocenters. The highest BCUT2D eigenvalue weighted by atomic mass is 32.2. The molecule has 0 unspecified atom stereocenters. The number of hydrogen-bond acceptors (Lipinski definition) is 3. The van der Waals surface area contributed by atoms with Crippen molar-refractivity contribution in [3.63, 3.8) is 0 Å². The molecule has 0 heterocycles. The molecule has 2 N–H and O–H groups in total. The predicted octanol–water partition coefficient (Wildman–Crippen LogP) is 1.45. The summed E-state index contributed by atoms with van der Waals surface area (Å²) in [5, 5.41) is 17.6. The molecule has 0 rings (SSSR count). The van der Waals surface area contributed by atoms with Gasteiger partial charge in [0, 0.05) is 16.6 Å². The Labute approximate surface area is 95.4 Å². The third-order valence-corrected chi connectivity index (χ3v) is 3.82. The van der Waals surface area contributed by atoms with Crippen molar-refractivity contribution >= 4 is 10.8 Å². The van der Waals surface area contributed by atoms with Gasteiger partial charge in [0.25, 0.3) is 0 Å². The summed E-state index contributed by atoms with van der Waals surface area (Å²) >= 11 is 0. The molecule has 15 heavy (non-hydrogen) atoms. The maximum absolute atomic E-state index is 11.3. The van der Waals surface area contributed by atoms with Crippen molar-refractivity contribution in [1.29, 1.82) is 0 Å². The average molecular weight is 236 g/mol. The molecule has 4 heteroatoms. The maximum atomic E-state index is 11.3. The van der Waals surface area contributed by atoms with Crippen LogP contribution >= 0.6 is 0 Å². The first-order chi connectivity index (χ1) is 7.20. The molecule has 0 aromatic heterocycles. The summed E-state index contributed by atoms with van der Waals surface area (Å²) in [5.74, 6) is 0.870. The lowest BCUT2D eigenvalue weighted by Crippen LogP contribution is -2.21. The van der Waals surface area contributed by atoms with Gasteiger partial charge in [-0.2, -0.15) is 0 Å². The zero-order valence-corrected chi connectivity index (χ0v) is 10.5. The summed E-state index contributed by atoms with van der Waals surface area (Å²) in [7, 11) is -0.967. The minimum absolute atomic E-state index is 0.214. The van der Waals surface area contributed by atoms with Gasteiger partial charge >= 0.3 is 0 Å². The van der Waals surface area contributed by atoms with Crippen molar-refractivity contribution in [2.24, 2.45) is 0 Å². The quantitative estimate of drug-likeness (QED) is 0.564. The summed E-state index contributed by atoms with van der Waals surface area (Å²) in [4.78, 5) is 0. The monoisotopic (exact) mass is 236 g/mol. The van der Waals surface area contributed by atoms with E-state index >= 15 is 0 Å². The Morgan fingerprint density at radius 3 is 2.33 bits per heavy atom. The second-order valence-electron chi connectivity index (χ2n) is 3.91. The van der Waals surface area contributed by atoms with E-state index in [2.05, 4.69) is 6.92 Å². The van der Waals surface area contributed by atoms with Crippen LogP contribution in [0.1, 0.15) is 45.4 Å². The molecule has 3 nitrogen and oxygen atoms in total. The molecule has 0 aliphatic rings. The number of hydrogen-bond donors (Lipinski definition) is 2. The summed E-state index contributed by atoms with van der Waals surface area (Å²) in [6.07, 6.45) is 6.29. The van der Waals surface area contributed by atoms with E-state index in [9.17, 15) is 4.21 Å². The van der Waals surface area contributed by atoms with Crippen LogP contribution in [0.15, 0.2) is 0 Å². The van der Waals surface area contributed by atoms with Gasteiger partial charge in [-0.25, -0.2) is 0 Å². The van der Waals surface area contributed by atoms with Crippen molar-refractivity contribution in [3.05, 3.63) is 0 Å². The van der Waals surface area contributed by atoms with Gasteiger partial charge in [-0.3, -0.25) is 4.21 Å². The van der Waals surface area contributed by atoms with Crippen LogP contribution in [0.4, 0.5) is 0 Å². The fraction of sp³-hybridized carbons (Fsp3) is 1.00. The third kappa shape index (κ3) is 10.4. The molecule has 0 radical (unpaired) electrons. The van der Waals surface area contributed by atoms with Gasteiger partial charge in [0.15, 0.2) is 0 Å². The minimum Gasteiger partial charge on any atom is -0.394 e. The molecule has 0 aromatic rings. The zero-order chi connectivity index (χ0) is 11.5. The minimum atomic E-state index is -0.967. The van der Waals surface area contributed by atoms with Crippen molar-refractivity contribution < 1.29 is 14.4 Å². The van der Waals surface area contributed by atoms with E-state index in [1.165, 1.54) is 25.7 Å². The van der Waals surface area contributed by atoms with Crippen molar-refractivity contribution in [3.8, 4) is 0 Å². The van der Waals surface area contributed by atoms with E-state index < -0.39 is 16.9 Å². The van der Waals surface area contributed by atoms with Gasteiger partial charge < -0.3 is 10.2 Å². The number of aliphatic hydroxyl groups excluding tert-OH is 2. The van der Waals surface area contributed by atoms with Crippen LogP contribution in [0.2, 0.25) is 0 Å². The second-order valence-corrected chi connectivity index (χ2v) is 5.54. The van der Waals surface area contributed by atoms with Crippen LogP contribution in [0, 0.1) is 0 Å². The molecule has 0 aliphatic carbocycles. The Bertz CT molecular complexity index is 162. The molecule has 0 bridgehead atoms. The molecule has 0 aliphatic heterocycles. The first-order valence-corrected chi connectivity index (χ1v) is 7.33. The van der Waals surface area contributed by atoms with E-state index in [0.717, 1.165) is 12.8 Å². The van der Waals surface area contributed by atoms with Gasteiger partial charge in [0.1, 0.15) is 0 Å². The normalized spacial score (nSPS) is 15.1. The van der Waals surface area contributed by atoms with E-state index in [1.807, 2.05) is 0 Å². The van der Waals surface area contributed by atoms with E-state index in [0.29, 0.717) is 5.75 Å². The van der Waals surface area contributed by atoms with Gasteiger partial charge in [0.05, 0.1) is 18.5 Å². The Morgan fingerprint density at radius 1 is 1.13 bits per heavy atom. The van der Waals surface area contributed by atoms with Crippen LogP contribution in [0.3, 0.4) is 0 Å². The predicted molar refractivity (Wildman–Crippen MR) is 64.3 cm³/mol. The molecule has 0 spiro atoms. The lowest BCUT2D eigenvalue weighted by atomic mass is 10.1. The summed E-state index contributed by atoms with van der Waals surface area (Å²) in [5.41, 5.74) is 0. The summed E-state index contributed by atoms with van der Waals surface area (Å²) in [6, 6.07) is 0. The van der Waals surface area contributed by atoms with Crippen LogP contribution in [-0.4, -0.2) is 38.6 Å². The molecule has 0 saturated carbocycles. The molecule has 0 saturated heterocycles. The van der Waals surface area contributed by atoms with Crippen LogP contribution in [-0.2, 0) is 10.8 Å². The molecule has 0 fully saturated rings. The van der Waals surface area contributed by atoms with Crippen LogP contribution in [0.5, 0.6) is 0 Å². The number of unbranched alkanes of at least 4 members (excludes halogenated alkanes) is 5. The van der Waals surface area contributed by atoms with Gasteiger partial charge in [0.2, 0.25) is 0 Å². The first-order valence-electron chi connectivity index (χ1n) is 5.84. The largest absolute Gasteiger partial charge is 0.394 e. The highest BCUT2D eigenvalue weighted by Crippen LogP contribution is 2.05. The third-order valence-electron chi connectivity index (χ3n) is 2.31. The van der Waals surface area contributed by atoms with E-state index in [1.54, 1.807) is 0 Å². The van der Waals surface area contributed by atoms with Crippen molar-refractivity contribution in [2.45, 2.75) is 51.6 Å². The maximum Gasteiger partial charge on any atom is 0.0885 e. The summed E-state index contributed by atoms with van der Waals surface area (Å²) in [6.45, 7) is 1.90. The first kappa shape index (κ1) is 15.1. The number of rotatable bonds is 10. The second kappa shape index (κ2) is 10.6. The van der Waals surface area contributed by atoms with Gasteiger partial charge in [-0.1, -0.05) is 39.0 Å². The Balaban J connectivity index is 3.24. The van der Waals surface area contributed by atoms with Crippen LogP contribution < -0.4 is 0 Å². The Kier molecular flexibility index (Phi) is 10.6. The molecular formula is C11H24O3S. The number of aliphatic hydroxyl groups is 2. The molecule has 0 aromatic carbocycles. The summed E-state index contributed by atoms with van der Waals surface area (Å²) < 4.78 is 11.3. The highest BCUT2D eigenvalue weighted by molar-refractivity contribution is 7.85.